The second-order valence-electron chi connectivity index (χ2n) is 6.66. The highest BCUT2D eigenvalue weighted by molar-refractivity contribution is 6.30. The minimum Gasteiger partial charge on any atom is -0.396 e. The molecule has 1 saturated heterocycles. The van der Waals surface area contributed by atoms with Crippen LogP contribution < -0.4 is 5.32 Å². The zero-order valence-corrected chi connectivity index (χ0v) is 15.3. The number of urea groups is 1. The molecule has 1 aliphatic rings. The van der Waals surface area contributed by atoms with Crippen molar-refractivity contribution >= 4 is 17.6 Å². The number of hydrogen-bond donors (Lipinski definition) is 2. The number of nitrogens with zero attached hydrogens (tertiary/aromatic N) is 1. The Morgan fingerprint density at radius 2 is 1.88 bits per heavy atom. The van der Waals surface area contributed by atoms with Crippen LogP contribution in [0.15, 0.2) is 48.5 Å². The van der Waals surface area contributed by atoms with E-state index in [1.54, 1.807) is 17.0 Å². The SMILES string of the molecule is C[C@@H](c1ccc(Cl)cc1)N1CCC(CCO)(c2ccc(F)cc2)NC1=O. The molecule has 2 amide bonds. The number of aliphatic hydroxyl groups is 1. The molecule has 0 spiro atoms. The Labute approximate surface area is 157 Å². The van der Waals surface area contributed by atoms with Crippen LogP contribution in [0.3, 0.4) is 0 Å². The van der Waals surface area contributed by atoms with E-state index in [1.807, 2.05) is 31.2 Å². The lowest BCUT2D eigenvalue weighted by atomic mass is 9.82. The van der Waals surface area contributed by atoms with Gasteiger partial charge in [0.25, 0.3) is 0 Å². The van der Waals surface area contributed by atoms with Crippen LogP contribution in [0, 0.1) is 5.82 Å². The van der Waals surface area contributed by atoms with Crippen molar-refractivity contribution in [1.29, 1.82) is 0 Å². The minimum absolute atomic E-state index is 0.0651. The standard InChI is InChI=1S/C20H22ClFN2O2/c1-14(15-2-6-17(21)7-3-15)24-12-10-20(11-13-25,23-19(24)26)16-4-8-18(22)9-5-16/h2-9,14,25H,10-13H2,1H3,(H,23,26)/t14-,20?/m0/s1. The van der Waals surface area contributed by atoms with Crippen LogP contribution in [0.25, 0.3) is 0 Å². The van der Waals surface area contributed by atoms with E-state index in [2.05, 4.69) is 5.32 Å². The van der Waals surface area contributed by atoms with E-state index in [9.17, 15) is 14.3 Å². The first-order valence-corrected chi connectivity index (χ1v) is 9.04. The van der Waals surface area contributed by atoms with E-state index in [0.717, 1.165) is 11.1 Å². The van der Waals surface area contributed by atoms with Crippen molar-refractivity contribution < 1.29 is 14.3 Å². The molecular weight excluding hydrogens is 355 g/mol. The topological polar surface area (TPSA) is 52.6 Å². The first-order chi connectivity index (χ1) is 12.4. The fourth-order valence-corrected chi connectivity index (χ4v) is 3.68. The Morgan fingerprint density at radius 1 is 1.23 bits per heavy atom. The maximum atomic E-state index is 13.3. The lowest BCUT2D eigenvalue weighted by Crippen LogP contribution is -2.58. The predicted octanol–water partition coefficient (Wildman–Crippen LogP) is 4.23. The molecule has 2 atom stereocenters. The van der Waals surface area contributed by atoms with Crippen molar-refractivity contribution in [2.24, 2.45) is 0 Å². The van der Waals surface area contributed by atoms with Crippen LogP contribution in [0.5, 0.6) is 0 Å². The summed E-state index contributed by atoms with van der Waals surface area (Å²) >= 11 is 5.94. The third kappa shape index (κ3) is 3.69. The highest BCUT2D eigenvalue weighted by Crippen LogP contribution is 2.35. The van der Waals surface area contributed by atoms with Crippen molar-refractivity contribution in [2.75, 3.05) is 13.2 Å². The van der Waals surface area contributed by atoms with Crippen LogP contribution in [0.4, 0.5) is 9.18 Å². The largest absolute Gasteiger partial charge is 0.396 e. The Morgan fingerprint density at radius 3 is 2.46 bits per heavy atom. The maximum absolute atomic E-state index is 13.3. The van der Waals surface area contributed by atoms with Gasteiger partial charge in [-0.2, -0.15) is 0 Å². The van der Waals surface area contributed by atoms with Crippen molar-refractivity contribution in [3.05, 3.63) is 70.5 Å². The zero-order valence-electron chi connectivity index (χ0n) is 14.6. The highest BCUT2D eigenvalue weighted by Gasteiger charge is 2.40. The predicted molar refractivity (Wildman–Crippen MR) is 99.5 cm³/mol. The summed E-state index contributed by atoms with van der Waals surface area (Å²) < 4.78 is 13.3. The Hall–Kier alpha value is -2.11. The number of hydrogen-bond acceptors (Lipinski definition) is 2. The van der Waals surface area contributed by atoms with Crippen LogP contribution in [0.1, 0.15) is 36.9 Å². The van der Waals surface area contributed by atoms with Crippen molar-refractivity contribution in [1.82, 2.24) is 10.2 Å². The smallest absolute Gasteiger partial charge is 0.318 e. The van der Waals surface area contributed by atoms with Gasteiger partial charge in [0.2, 0.25) is 0 Å². The molecule has 0 aliphatic carbocycles. The number of carbonyl (C=O) groups is 1. The van der Waals surface area contributed by atoms with Crippen molar-refractivity contribution in [3.8, 4) is 0 Å². The summed E-state index contributed by atoms with van der Waals surface area (Å²) in [6.45, 7) is 2.44. The van der Waals surface area contributed by atoms with E-state index in [-0.39, 0.29) is 24.5 Å². The van der Waals surface area contributed by atoms with E-state index < -0.39 is 5.54 Å². The number of rotatable bonds is 5. The van der Waals surface area contributed by atoms with Gasteiger partial charge in [0.1, 0.15) is 5.82 Å². The fraction of sp³-hybridized carbons (Fsp3) is 0.350. The molecule has 1 aliphatic heterocycles. The van der Waals surface area contributed by atoms with Gasteiger partial charge in [-0.1, -0.05) is 35.9 Å². The van der Waals surface area contributed by atoms with E-state index in [1.165, 1.54) is 12.1 Å². The first-order valence-electron chi connectivity index (χ1n) is 8.66. The summed E-state index contributed by atoms with van der Waals surface area (Å²) in [5.41, 5.74) is 1.12. The molecule has 0 bridgehead atoms. The molecule has 4 nitrogen and oxygen atoms in total. The number of halogens is 2. The minimum atomic E-state index is -0.685. The average Bonchev–Trinajstić information content (AvgIpc) is 2.63. The van der Waals surface area contributed by atoms with Gasteiger partial charge < -0.3 is 15.3 Å². The summed E-state index contributed by atoms with van der Waals surface area (Å²) in [6.07, 6.45) is 1.01. The molecule has 3 rings (SSSR count). The quantitative estimate of drug-likeness (QED) is 0.820. The Balaban J connectivity index is 1.81. The third-order valence-electron chi connectivity index (χ3n) is 5.14. The highest BCUT2D eigenvalue weighted by atomic mass is 35.5. The van der Waals surface area contributed by atoms with Crippen LogP contribution in [-0.2, 0) is 5.54 Å². The van der Waals surface area contributed by atoms with E-state index in [4.69, 9.17) is 11.6 Å². The van der Waals surface area contributed by atoms with Gasteiger partial charge in [0.15, 0.2) is 0 Å². The van der Waals surface area contributed by atoms with Gasteiger partial charge in [0, 0.05) is 18.2 Å². The monoisotopic (exact) mass is 376 g/mol. The molecule has 0 radical (unpaired) electrons. The molecule has 1 heterocycles. The number of amides is 2. The summed E-state index contributed by atoms with van der Waals surface area (Å²) in [4.78, 5) is 14.6. The van der Waals surface area contributed by atoms with E-state index in [0.29, 0.717) is 24.4 Å². The van der Waals surface area contributed by atoms with Crippen LogP contribution >= 0.6 is 11.6 Å². The lowest BCUT2D eigenvalue weighted by Gasteiger charge is -2.44. The molecule has 1 fully saturated rings. The molecular formula is C20H22ClFN2O2. The normalized spacial score (nSPS) is 21.4. The average molecular weight is 377 g/mol. The van der Waals surface area contributed by atoms with Crippen LogP contribution in [0.2, 0.25) is 5.02 Å². The van der Waals surface area contributed by atoms with E-state index >= 15 is 0 Å². The molecule has 6 heteroatoms. The van der Waals surface area contributed by atoms with Gasteiger partial charge in [-0.05, 0) is 55.2 Å². The van der Waals surface area contributed by atoms with Crippen molar-refractivity contribution in [2.45, 2.75) is 31.3 Å². The number of nitrogens with one attached hydrogen (secondary N) is 1. The molecule has 0 saturated carbocycles. The first kappa shape index (κ1) is 18.7. The second-order valence-corrected chi connectivity index (χ2v) is 7.10. The molecule has 0 aromatic heterocycles. The maximum Gasteiger partial charge on any atom is 0.318 e. The van der Waals surface area contributed by atoms with Crippen LogP contribution in [-0.4, -0.2) is 29.2 Å². The summed E-state index contributed by atoms with van der Waals surface area (Å²) in [5.74, 6) is -0.326. The molecule has 138 valence electrons. The van der Waals surface area contributed by atoms with Gasteiger partial charge in [-0.3, -0.25) is 0 Å². The fourth-order valence-electron chi connectivity index (χ4n) is 3.55. The Kier molecular flexibility index (Phi) is 5.49. The summed E-state index contributed by atoms with van der Waals surface area (Å²) in [7, 11) is 0. The van der Waals surface area contributed by atoms with Gasteiger partial charge in [0.05, 0.1) is 11.6 Å². The third-order valence-corrected chi connectivity index (χ3v) is 5.39. The van der Waals surface area contributed by atoms with Gasteiger partial charge >= 0.3 is 6.03 Å². The summed E-state index contributed by atoms with van der Waals surface area (Å²) in [5, 5.41) is 13.2. The molecule has 26 heavy (non-hydrogen) atoms. The van der Waals surface area contributed by atoms with Gasteiger partial charge in [-0.15, -0.1) is 0 Å². The van der Waals surface area contributed by atoms with Crippen molar-refractivity contribution in [3.63, 3.8) is 0 Å². The summed E-state index contributed by atoms with van der Waals surface area (Å²) in [6, 6.07) is 13.2. The number of carbonyl (C=O) groups excluding carboxylic acids is 1. The molecule has 2 N–H and O–H groups in total. The Bertz CT molecular complexity index is 766. The molecule has 2 aromatic rings. The van der Waals surface area contributed by atoms with Gasteiger partial charge in [-0.25, -0.2) is 9.18 Å². The zero-order chi connectivity index (χ0) is 18.7. The molecule has 1 unspecified atom stereocenters. The number of aliphatic hydroxyl groups excluding tert-OH is 1. The lowest BCUT2D eigenvalue weighted by molar-refractivity contribution is 0.110. The number of benzene rings is 2. The molecule has 2 aromatic carbocycles. The second kappa shape index (κ2) is 7.64.